The molecule has 24 heavy (non-hydrogen) atoms. The van der Waals surface area contributed by atoms with Crippen molar-refractivity contribution >= 4 is 0 Å². The molecule has 1 aliphatic rings. The minimum absolute atomic E-state index is 0.234. The van der Waals surface area contributed by atoms with Crippen LogP contribution < -0.4 is 9.47 Å². The minimum Gasteiger partial charge on any atom is -0.497 e. The van der Waals surface area contributed by atoms with Crippen LogP contribution in [0, 0.1) is 5.92 Å². The lowest BCUT2D eigenvalue weighted by molar-refractivity contribution is 0.0482. The Morgan fingerprint density at radius 3 is 2.33 bits per heavy atom. The van der Waals surface area contributed by atoms with E-state index < -0.39 is 0 Å². The topological polar surface area (TPSA) is 45.2 Å². The van der Waals surface area contributed by atoms with Gasteiger partial charge in [0.15, 0.2) is 0 Å². The zero-order valence-corrected chi connectivity index (χ0v) is 15.5. The Labute approximate surface area is 146 Å². The van der Waals surface area contributed by atoms with E-state index in [2.05, 4.69) is 35.8 Å². The fourth-order valence-corrected chi connectivity index (χ4v) is 3.46. The first kappa shape index (κ1) is 19.0. The number of aliphatic hydroxyl groups is 1. The minimum atomic E-state index is 0.234. The Hall–Kier alpha value is -1.30. The highest BCUT2D eigenvalue weighted by Gasteiger charge is 2.27. The van der Waals surface area contributed by atoms with Crippen LogP contribution in [0.3, 0.4) is 0 Å². The van der Waals surface area contributed by atoms with E-state index in [9.17, 15) is 5.11 Å². The molecule has 5 nitrogen and oxygen atoms in total. The molecule has 1 unspecified atom stereocenters. The Morgan fingerprint density at radius 1 is 1.12 bits per heavy atom. The molecule has 0 amide bonds. The zero-order valence-electron chi connectivity index (χ0n) is 15.5. The van der Waals surface area contributed by atoms with Crippen LogP contribution in [0.25, 0.3) is 0 Å². The fourth-order valence-electron chi connectivity index (χ4n) is 3.46. The SMILES string of the molecule is COc1cc(CN2CCN(CC(C)C)CC2CCO)cc(OC)c1. The van der Waals surface area contributed by atoms with Crippen LogP contribution in [0.5, 0.6) is 11.5 Å². The van der Waals surface area contributed by atoms with E-state index >= 15 is 0 Å². The summed E-state index contributed by atoms with van der Waals surface area (Å²) in [4.78, 5) is 4.99. The molecule has 1 atom stereocenters. The van der Waals surface area contributed by atoms with Gasteiger partial charge in [-0.1, -0.05) is 13.8 Å². The predicted molar refractivity (Wildman–Crippen MR) is 96.7 cm³/mol. The van der Waals surface area contributed by atoms with E-state index in [-0.39, 0.29) is 6.61 Å². The van der Waals surface area contributed by atoms with Gasteiger partial charge in [-0.25, -0.2) is 0 Å². The maximum absolute atomic E-state index is 9.45. The maximum Gasteiger partial charge on any atom is 0.122 e. The molecule has 1 fully saturated rings. The summed E-state index contributed by atoms with van der Waals surface area (Å²) in [6.07, 6.45) is 0.815. The molecule has 0 bridgehead atoms. The van der Waals surface area contributed by atoms with Gasteiger partial charge in [0.2, 0.25) is 0 Å². The highest BCUT2D eigenvalue weighted by molar-refractivity contribution is 5.38. The summed E-state index contributed by atoms with van der Waals surface area (Å²) in [5.74, 6) is 2.32. The van der Waals surface area contributed by atoms with Crippen molar-refractivity contribution in [1.82, 2.24) is 9.80 Å². The van der Waals surface area contributed by atoms with Gasteiger partial charge < -0.3 is 19.5 Å². The second-order valence-electron chi connectivity index (χ2n) is 7.01. The monoisotopic (exact) mass is 336 g/mol. The first-order chi connectivity index (χ1) is 11.5. The second-order valence-corrected chi connectivity index (χ2v) is 7.01. The molecule has 5 heteroatoms. The standard InChI is InChI=1S/C19H32N2O3/c1-15(2)12-20-6-7-21(17(14-20)5-8-22)13-16-9-18(23-3)11-19(10-16)24-4/h9-11,15,17,22H,5-8,12-14H2,1-4H3. The van der Waals surface area contributed by atoms with Gasteiger partial charge in [-0.2, -0.15) is 0 Å². The van der Waals surface area contributed by atoms with Crippen molar-refractivity contribution in [3.8, 4) is 11.5 Å². The van der Waals surface area contributed by atoms with Crippen molar-refractivity contribution in [2.24, 2.45) is 5.92 Å². The highest BCUT2D eigenvalue weighted by atomic mass is 16.5. The normalized spacial score (nSPS) is 19.7. The molecule has 1 heterocycles. The number of rotatable bonds is 8. The van der Waals surface area contributed by atoms with Crippen LogP contribution >= 0.6 is 0 Å². The third-order valence-electron chi connectivity index (χ3n) is 4.57. The molecule has 1 aliphatic heterocycles. The Kier molecular flexibility index (Phi) is 7.34. The van der Waals surface area contributed by atoms with Crippen LogP contribution in [0.1, 0.15) is 25.8 Å². The van der Waals surface area contributed by atoms with Crippen LogP contribution in [-0.4, -0.2) is 68.0 Å². The number of piperazine rings is 1. The number of hydrogen-bond acceptors (Lipinski definition) is 5. The number of nitrogens with zero attached hydrogens (tertiary/aromatic N) is 2. The summed E-state index contributed by atoms with van der Waals surface area (Å²) in [5, 5.41) is 9.45. The number of benzene rings is 1. The molecule has 1 N–H and O–H groups in total. The van der Waals surface area contributed by atoms with Crippen molar-refractivity contribution in [3.63, 3.8) is 0 Å². The summed E-state index contributed by atoms with van der Waals surface area (Å²) in [7, 11) is 3.36. The Morgan fingerprint density at radius 2 is 1.79 bits per heavy atom. The van der Waals surface area contributed by atoms with Gasteiger partial charge in [0.1, 0.15) is 11.5 Å². The van der Waals surface area contributed by atoms with Gasteiger partial charge in [-0.05, 0) is 30.0 Å². The van der Waals surface area contributed by atoms with E-state index in [0.717, 1.165) is 50.6 Å². The molecule has 1 aromatic rings. The van der Waals surface area contributed by atoms with E-state index in [0.29, 0.717) is 12.0 Å². The second kappa shape index (κ2) is 9.25. The largest absolute Gasteiger partial charge is 0.497 e. The van der Waals surface area contributed by atoms with Gasteiger partial charge in [0.05, 0.1) is 14.2 Å². The fraction of sp³-hybridized carbons (Fsp3) is 0.684. The van der Waals surface area contributed by atoms with Gasteiger partial charge in [-0.15, -0.1) is 0 Å². The van der Waals surface area contributed by atoms with Crippen molar-refractivity contribution in [1.29, 1.82) is 0 Å². The Balaban J connectivity index is 2.07. The highest BCUT2D eigenvalue weighted by Crippen LogP contribution is 2.25. The molecule has 0 spiro atoms. The molecule has 1 aromatic carbocycles. The lowest BCUT2D eigenvalue weighted by atomic mass is 10.1. The van der Waals surface area contributed by atoms with Crippen molar-refractivity contribution in [2.45, 2.75) is 32.9 Å². The zero-order chi connectivity index (χ0) is 17.5. The molecule has 0 radical (unpaired) electrons. The van der Waals surface area contributed by atoms with Gasteiger partial charge >= 0.3 is 0 Å². The van der Waals surface area contributed by atoms with E-state index in [1.807, 2.05) is 6.07 Å². The first-order valence-corrected chi connectivity index (χ1v) is 8.85. The van der Waals surface area contributed by atoms with Crippen LogP contribution in [-0.2, 0) is 6.54 Å². The molecular formula is C19H32N2O3. The number of hydrogen-bond donors (Lipinski definition) is 1. The smallest absolute Gasteiger partial charge is 0.122 e. The number of aliphatic hydroxyl groups excluding tert-OH is 1. The van der Waals surface area contributed by atoms with Crippen molar-refractivity contribution in [2.75, 3.05) is 47.0 Å². The van der Waals surface area contributed by atoms with Gasteiger partial charge in [0.25, 0.3) is 0 Å². The van der Waals surface area contributed by atoms with Crippen molar-refractivity contribution < 1.29 is 14.6 Å². The average molecular weight is 336 g/mol. The van der Waals surface area contributed by atoms with E-state index in [1.165, 1.54) is 5.56 Å². The Bertz CT molecular complexity index is 485. The van der Waals surface area contributed by atoms with Gasteiger partial charge in [-0.3, -0.25) is 4.90 Å². The summed E-state index contributed by atoms with van der Waals surface area (Å²) in [6.45, 7) is 9.87. The van der Waals surface area contributed by atoms with Gasteiger partial charge in [0, 0.05) is 51.4 Å². The van der Waals surface area contributed by atoms with E-state index in [1.54, 1.807) is 14.2 Å². The molecule has 0 aromatic heterocycles. The third-order valence-corrected chi connectivity index (χ3v) is 4.57. The summed E-state index contributed by atoms with van der Waals surface area (Å²) < 4.78 is 10.7. The quantitative estimate of drug-likeness (QED) is 0.789. The average Bonchev–Trinajstić information content (AvgIpc) is 2.56. The molecule has 1 saturated heterocycles. The van der Waals surface area contributed by atoms with Crippen LogP contribution in [0.2, 0.25) is 0 Å². The molecule has 0 aliphatic carbocycles. The maximum atomic E-state index is 9.45. The van der Waals surface area contributed by atoms with E-state index in [4.69, 9.17) is 9.47 Å². The van der Waals surface area contributed by atoms with Crippen molar-refractivity contribution in [3.05, 3.63) is 23.8 Å². The summed E-state index contributed by atoms with van der Waals surface area (Å²) in [6, 6.07) is 6.42. The third kappa shape index (κ3) is 5.36. The molecular weight excluding hydrogens is 304 g/mol. The predicted octanol–water partition coefficient (Wildman–Crippen LogP) is 2.23. The number of ether oxygens (including phenoxy) is 2. The summed E-state index contributed by atoms with van der Waals surface area (Å²) >= 11 is 0. The van der Waals surface area contributed by atoms with Crippen LogP contribution in [0.15, 0.2) is 18.2 Å². The first-order valence-electron chi connectivity index (χ1n) is 8.85. The molecule has 2 rings (SSSR count). The lowest BCUT2D eigenvalue weighted by Gasteiger charge is -2.42. The number of methoxy groups -OCH3 is 2. The molecule has 136 valence electrons. The lowest BCUT2D eigenvalue weighted by Crippen LogP contribution is -2.53. The summed E-state index contributed by atoms with van der Waals surface area (Å²) in [5.41, 5.74) is 1.19. The molecule has 0 saturated carbocycles. The van der Waals surface area contributed by atoms with Crippen LogP contribution in [0.4, 0.5) is 0 Å².